The van der Waals surface area contributed by atoms with Crippen LogP contribution >= 0.6 is 11.6 Å². The number of ether oxygens (including phenoxy) is 1. The van der Waals surface area contributed by atoms with E-state index in [0.29, 0.717) is 18.0 Å². The molecule has 0 unspecified atom stereocenters. The van der Waals surface area contributed by atoms with Crippen molar-refractivity contribution < 1.29 is 17.9 Å². The van der Waals surface area contributed by atoms with Crippen molar-refractivity contribution in [3.05, 3.63) is 47.5 Å². The van der Waals surface area contributed by atoms with Gasteiger partial charge in [0.1, 0.15) is 6.10 Å². The van der Waals surface area contributed by atoms with Gasteiger partial charge in [-0.25, -0.2) is 13.2 Å². The normalized spacial score (nSPS) is 24.0. The Balaban J connectivity index is 1.67. The molecule has 8 heteroatoms. The second-order valence-corrected chi connectivity index (χ2v) is 8.40. The molecule has 1 amide bonds. The van der Waals surface area contributed by atoms with Gasteiger partial charge in [-0.05, 0) is 24.1 Å². The summed E-state index contributed by atoms with van der Waals surface area (Å²) in [5, 5.41) is 0.650. The van der Waals surface area contributed by atoms with E-state index in [1.165, 1.54) is 10.4 Å². The predicted molar refractivity (Wildman–Crippen MR) is 91.5 cm³/mol. The number of amides is 1. The Kier molecular flexibility index (Phi) is 4.85. The molecule has 130 valence electrons. The highest BCUT2D eigenvalue weighted by Gasteiger charge is 2.49. The Labute approximate surface area is 146 Å². The Hall–Kier alpha value is -1.57. The van der Waals surface area contributed by atoms with Crippen molar-refractivity contribution in [1.29, 1.82) is 0 Å². The number of carbonyl (C=O) groups excluding carboxylic acids is 1. The average molecular weight is 371 g/mol. The van der Waals surface area contributed by atoms with Gasteiger partial charge < -0.3 is 4.74 Å². The molecule has 2 atom stereocenters. The number of fused-ring (bicyclic) bond motifs is 1. The summed E-state index contributed by atoms with van der Waals surface area (Å²) in [6, 6.07) is 7.22. The first-order valence-corrected chi connectivity index (χ1v) is 9.70. The molecule has 3 rings (SSSR count). The number of benzene rings is 1. The third-order valence-electron chi connectivity index (χ3n) is 4.34. The van der Waals surface area contributed by atoms with Crippen LogP contribution in [0.25, 0.3) is 0 Å². The van der Waals surface area contributed by atoms with E-state index in [-0.39, 0.29) is 31.0 Å². The molecule has 0 aromatic heterocycles. The van der Waals surface area contributed by atoms with Crippen molar-refractivity contribution in [1.82, 2.24) is 9.21 Å². The largest absolute Gasteiger partial charge is 0.442 e. The summed E-state index contributed by atoms with van der Waals surface area (Å²) in [5.74, 6) is -0.108. The summed E-state index contributed by atoms with van der Waals surface area (Å²) in [6.07, 6.45) is 1.22. The van der Waals surface area contributed by atoms with Gasteiger partial charge in [-0.1, -0.05) is 29.8 Å². The Morgan fingerprint density at radius 3 is 2.88 bits per heavy atom. The zero-order chi connectivity index (χ0) is 17.3. The van der Waals surface area contributed by atoms with Crippen molar-refractivity contribution in [3.8, 4) is 0 Å². The van der Waals surface area contributed by atoms with Gasteiger partial charge in [-0.3, -0.25) is 4.90 Å². The van der Waals surface area contributed by atoms with Crippen LogP contribution in [0.1, 0.15) is 5.56 Å². The average Bonchev–Trinajstić information content (AvgIpc) is 3.03. The highest BCUT2D eigenvalue weighted by atomic mass is 35.5. The highest BCUT2D eigenvalue weighted by Crippen LogP contribution is 2.29. The van der Waals surface area contributed by atoms with Gasteiger partial charge in [0.2, 0.25) is 10.0 Å². The fourth-order valence-corrected chi connectivity index (χ4v) is 4.63. The maximum absolute atomic E-state index is 12.1. The lowest BCUT2D eigenvalue weighted by molar-refractivity contribution is 0.129. The minimum absolute atomic E-state index is 0.108. The van der Waals surface area contributed by atoms with E-state index < -0.39 is 16.1 Å². The van der Waals surface area contributed by atoms with E-state index in [0.717, 1.165) is 5.56 Å². The van der Waals surface area contributed by atoms with Crippen LogP contribution in [0, 0.1) is 0 Å². The van der Waals surface area contributed by atoms with Gasteiger partial charge >= 0.3 is 6.09 Å². The summed E-state index contributed by atoms with van der Waals surface area (Å²) >= 11 is 5.97. The van der Waals surface area contributed by atoms with Gasteiger partial charge in [-0.2, -0.15) is 4.31 Å². The smallest absolute Gasteiger partial charge is 0.410 e. The number of nitrogens with zero attached hydrogens (tertiary/aromatic N) is 2. The zero-order valence-corrected chi connectivity index (χ0v) is 14.7. The summed E-state index contributed by atoms with van der Waals surface area (Å²) in [4.78, 5) is 13.7. The molecular weight excluding hydrogens is 352 g/mol. The lowest BCUT2D eigenvalue weighted by atomic mass is 10.1. The molecule has 0 saturated carbocycles. The Morgan fingerprint density at radius 1 is 1.38 bits per heavy atom. The van der Waals surface area contributed by atoms with Crippen LogP contribution in [0.2, 0.25) is 5.02 Å². The minimum atomic E-state index is -3.39. The number of carbonyl (C=O) groups is 1. The monoisotopic (exact) mass is 370 g/mol. The van der Waals surface area contributed by atoms with Crippen molar-refractivity contribution in [2.24, 2.45) is 0 Å². The topological polar surface area (TPSA) is 66.9 Å². The summed E-state index contributed by atoms with van der Waals surface area (Å²) in [7, 11) is -3.39. The summed E-state index contributed by atoms with van der Waals surface area (Å²) in [5.41, 5.74) is 1.02. The fourth-order valence-electron chi connectivity index (χ4n) is 3.15. The predicted octanol–water partition coefficient (Wildman–Crippen LogP) is 1.90. The number of halogens is 1. The molecule has 2 heterocycles. The van der Waals surface area contributed by atoms with Crippen LogP contribution in [-0.2, 0) is 21.2 Å². The van der Waals surface area contributed by atoms with Crippen molar-refractivity contribution >= 4 is 27.7 Å². The van der Waals surface area contributed by atoms with Gasteiger partial charge in [0, 0.05) is 18.1 Å². The van der Waals surface area contributed by atoms with E-state index in [9.17, 15) is 13.2 Å². The highest BCUT2D eigenvalue weighted by molar-refractivity contribution is 7.89. The van der Waals surface area contributed by atoms with Gasteiger partial charge in [-0.15, -0.1) is 6.58 Å². The molecule has 0 bridgehead atoms. The molecule has 0 radical (unpaired) electrons. The lowest BCUT2D eigenvalue weighted by Gasteiger charge is -2.22. The van der Waals surface area contributed by atoms with E-state index in [2.05, 4.69) is 6.58 Å². The molecule has 24 heavy (non-hydrogen) atoms. The number of hydrogen-bond donors (Lipinski definition) is 0. The van der Waals surface area contributed by atoms with Crippen LogP contribution in [-0.4, -0.2) is 61.2 Å². The quantitative estimate of drug-likeness (QED) is 0.717. The van der Waals surface area contributed by atoms with Gasteiger partial charge in [0.25, 0.3) is 0 Å². The van der Waals surface area contributed by atoms with Crippen molar-refractivity contribution in [3.63, 3.8) is 0 Å². The number of hydrogen-bond acceptors (Lipinski definition) is 4. The zero-order valence-electron chi connectivity index (χ0n) is 13.1. The fraction of sp³-hybridized carbons (Fsp3) is 0.438. The molecule has 1 aromatic carbocycles. The van der Waals surface area contributed by atoms with Crippen LogP contribution in [0.4, 0.5) is 4.79 Å². The number of sulfonamides is 1. The Morgan fingerprint density at radius 2 is 2.17 bits per heavy atom. The van der Waals surface area contributed by atoms with Gasteiger partial charge in [0.15, 0.2) is 0 Å². The van der Waals surface area contributed by atoms with Crippen LogP contribution in [0.15, 0.2) is 36.9 Å². The molecule has 2 aliphatic heterocycles. The van der Waals surface area contributed by atoms with Crippen molar-refractivity contribution in [2.75, 3.05) is 25.4 Å². The minimum Gasteiger partial charge on any atom is -0.442 e. The van der Waals surface area contributed by atoms with E-state index in [1.54, 1.807) is 11.0 Å². The second-order valence-electron chi connectivity index (χ2n) is 5.95. The molecule has 6 nitrogen and oxygen atoms in total. The summed E-state index contributed by atoms with van der Waals surface area (Å²) < 4.78 is 31.0. The maximum atomic E-state index is 12.1. The third-order valence-corrected chi connectivity index (χ3v) is 6.32. The van der Waals surface area contributed by atoms with Gasteiger partial charge in [0.05, 0.1) is 18.3 Å². The lowest BCUT2D eigenvalue weighted by Crippen LogP contribution is -2.40. The van der Waals surface area contributed by atoms with E-state index in [1.807, 2.05) is 18.2 Å². The summed E-state index contributed by atoms with van der Waals surface area (Å²) in [6.45, 7) is 4.42. The van der Waals surface area contributed by atoms with Crippen molar-refractivity contribution in [2.45, 2.75) is 18.6 Å². The molecule has 2 saturated heterocycles. The first kappa shape index (κ1) is 17.3. The molecule has 0 spiro atoms. The molecule has 2 fully saturated rings. The standard InChI is InChI=1S/C16H19ClN2O4S/c1-2-8-24(21,22)18-10-14-15(11-18)23-16(20)19(14)7-6-12-4-3-5-13(17)9-12/h2-5,9,14-15H,1,6-8,10-11H2/t14-,15+/m1/s1. The molecular formula is C16H19ClN2O4S. The van der Waals surface area contributed by atoms with Crippen LogP contribution in [0.5, 0.6) is 0 Å². The maximum Gasteiger partial charge on any atom is 0.410 e. The van der Waals surface area contributed by atoms with Crippen LogP contribution < -0.4 is 0 Å². The number of rotatable bonds is 6. The van der Waals surface area contributed by atoms with E-state index in [4.69, 9.17) is 16.3 Å². The molecule has 0 aliphatic carbocycles. The third kappa shape index (κ3) is 3.43. The van der Waals surface area contributed by atoms with E-state index >= 15 is 0 Å². The second kappa shape index (κ2) is 6.74. The molecule has 2 aliphatic rings. The first-order chi connectivity index (χ1) is 11.4. The Bertz CT molecular complexity index is 752. The first-order valence-electron chi connectivity index (χ1n) is 7.71. The molecule has 1 aromatic rings. The van der Waals surface area contributed by atoms with Crippen LogP contribution in [0.3, 0.4) is 0 Å². The SMILES string of the molecule is C=CCS(=O)(=O)N1C[C@@H]2OC(=O)N(CCc3cccc(Cl)c3)[C@@H]2C1. The molecule has 0 N–H and O–H groups in total.